The van der Waals surface area contributed by atoms with Gasteiger partial charge in [0.25, 0.3) is 0 Å². The van der Waals surface area contributed by atoms with E-state index >= 15 is 0 Å². The number of benzene rings is 1. The standard InChI is InChI=1S/C12H13BrN2O5/c1-6(11(18)20-2)14-12(19)15-9-4-7(10(16)17)3-8(13)5-9/h3-6H,1-2H3,(H,16,17)(H2,14,15,19). The Labute approximate surface area is 123 Å². The summed E-state index contributed by atoms with van der Waals surface area (Å²) >= 11 is 3.15. The minimum atomic E-state index is -1.11. The first-order chi connectivity index (χ1) is 9.33. The molecule has 3 N–H and O–H groups in total. The van der Waals surface area contributed by atoms with Gasteiger partial charge in [0.05, 0.1) is 12.7 Å². The van der Waals surface area contributed by atoms with Crippen LogP contribution < -0.4 is 10.6 Å². The summed E-state index contributed by atoms with van der Waals surface area (Å²) in [5, 5.41) is 13.7. The molecule has 0 spiro atoms. The van der Waals surface area contributed by atoms with Crippen LogP contribution >= 0.6 is 15.9 Å². The second-order valence-electron chi connectivity index (χ2n) is 3.88. The predicted octanol–water partition coefficient (Wildman–Crippen LogP) is 1.83. The van der Waals surface area contributed by atoms with Crippen LogP contribution in [0.2, 0.25) is 0 Å². The van der Waals surface area contributed by atoms with Gasteiger partial charge in [-0.3, -0.25) is 0 Å². The molecule has 0 aliphatic heterocycles. The predicted molar refractivity (Wildman–Crippen MR) is 74.7 cm³/mol. The Bertz CT molecular complexity index is 547. The Hall–Kier alpha value is -2.09. The van der Waals surface area contributed by atoms with Crippen molar-refractivity contribution in [3.63, 3.8) is 0 Å². The molecule has 0 heterocycles. The molecule has 8 heteroatoms. The summed E-state index contributed by atoms with van der Waals surface area (Å²) in [6, 6.07) is 2.79. The van der Waals surface area contributed by atoms with E-state index in [9.17, 15) is 14.4 Å². The molecule has 20 heavy (non-hydrogen) atoms. The number of carbonyl (C=O) groups is 3. The molecule has 0 aliphatic carbocycles. The number of aromatic carboxylic acids is 1. The van der Waals surface area contributed by atoms with Crippen LogP contribution in [0.4, 0.5) is 10.5 Å². The van der Waals surface area contributed by atoms with E-state index in [-0.39, 0.29) is 11.3 Å². The van der Waals surface area contributed by atoms with Crippen molar-refractivity contribution in [3.05, 3.63) is 28.2 Å². The number of amides is 2. The second-order valence-corrected chi connectivity index (χ2v) is 4.79. The van der Waals surface area contributed by atoms with Crippen LogP contribution in [-0.2, 0) is 9.53 Å². The van der Waals surface area contributed by atoms with Gasteiger partial charge < -0.3 is 20.5 Å². The van der Waals surface area contributed by atoms with Crippen molar-refractivity contribution in [2.75, 3.05) is 12.4 Å². The number of carboxylic acids is 1. The van der Waals surface area contributed by atoms with Gasteiger partial charge >= 0.3 is 18.0 Å². The number of hydrogen-bond acceptors (Lipinski definition) is 4. The first-order valence-corrected chi connectivity index (χ1v) is 6.32. The van der Waals surface area contributed by atoms with E-state index in [1.807, 2.05) is 0 Å². The second kappa shape index (κ2) is 6.90. The van der Waals surface area contributed by atoms with Crippen LogP contribution in [0.3, 0.4) is 0 Å². The molecule has 2 amide bonds. The van der Waals surface area contributed by atoms with Gasteiger partial charge in [0.1, 0.15) is 6.04 Å². The van der Waals surface area contributed by atoms with Crippen LogP contribution in [0.15, 0.2) is 22.7 Å². The van der Waals surface area contributed by atoms with Crippen molar-refractivity contribution in [3.8, 4) is 0 Å². The minimum Gasteiger partial charge on any atom is -0.478 e. The number of carboxylic acid groups (broad SMARTS) is 1. The highest BCUT2D eigenvalue weighted by molar-refractivity contribution is 9.10. The van der Waals surface area contributed by atoms with Crippen molar-refractivity contribution < 1.29 is 24.2 Å². The van der Waals surface area contributed by atoms with Gasteiger partial charge in [0.2, 0.25) is 0 Å². The number of methoxy groups -OCH3 is 1. The molecule has 0 fully saturated rings. The van der Waals surface area contributed by atoms with Gasteiger partial charge in [0, 0.05) is 10.2 Å². The van der Waals surface area contributed by atoms with E-state index in [2.05, 4.69) is 31.3 Å². The maximum atomic E-state index is 11.6. The third-order valence-electron chi connectivity index (χ3n) is 2.30. The minimum absolute atomic E-state index is 0.0238. The van der Waals surface area contributed by atoms with Crippen molar-refractivity contribution >= 4 is 39.6 Å². The third-order valence-corrected chi connectivity index (χ3v) is 2.76. The molecule has 7 nitrogen and oxygen atoms in total. The largest absolute Gasteiger partial charge is 0.478 e. The maximum Gasteiger partial charge on any atom is 0.335 e. The van der Waals surface area contributed by atoms with Crippen molar-refractivity contribution in [1.82, 2.24) is 5.32 Å². The molecular formula is C12H13BrN2O5. The lowest BCUT2D eigenvalue weighted by molar-refractivity contribution is -0.142. The molecule has 1 rings (SSSR count). The van der Waals surface area contributed by atoms with Gasteiger partial charge in [-0.15, -0.1) is 0 Å². The number of carbonyl (C=O) groups excluding carboxylic acids is 2. The number of anilines is 1. The topological polar surface area (TPSA) is 105 Å². The van der Waals surface area contributed by atoms with Crippen molar-refractivity contribution in [1.29, 1.82) is 0 Å². The lowest BCUT2D eigenvalue weighted by Gasteiger charge is -2.13. The highest BCUT2D eigenvalue weighted by Crippen LogP contribution is 2.19. The number of ether oxygens (including phenoxy) is 1. The van der Waals surface area contributed by atoms with Gasteiger partial charge in [-0.1, -0.05) is 15.9 Å². The number of nitrogens with one attached hydrogen (secondary N) is 2. The average molecular weight is 345 g/mol. The van der Waals surface area contributed by atoms with E-state index < -0.39 is 24.0 Å². The van der Waals surface area contributed by atoms with E-state index in [0.29, 0.717) is 4.47 Å². The molecule has 0 radical (unpaired) electrons. The molecule has 0 bridgehead atoms. The monoisotopic (exact) mass is 344 g/mol. The number of hydrogen-bond donors (Lipinski definition) is 3. The number of halogens is 1. The quantitative estimate of drug-likeness (QED) is 0.722. The van der Waals surface area contributed by atoms with E-state index in [1.54, 1.807) is 0 Å². The van der Waals surface area contributed by atoms with Crippen LogP contribution in [0.5, 0.6) is 0 Å². The van der Waals surface area contributed by atoms with Crippen LogP contribution in [0, 0.1) is 0 Å². The Balaban J connectivity index is 2.76. The van der Waals surface area contributed by atoms with Crippen molar-refractivity contribution in [2.24, 2.45) is 0 Å². The molecule has 1 aromatic rings. The number of urea groups is 1. The van der Waals surface area contributed by atoms with E-state index in [0.717, 1.165) is 0 Å². The SMILES string of the molecule is COC(=O)C(C)NC(=O)Nc1cc(Br)cc(C(=O)O)c1. The summed E-state index contributed by atoms with van der Waals surface area (Å²) in [5.74, 6) is -1.70. The van der Waals surface area contributed by atoms with Gasteiger partial charge in [-0.2, -0.15) is 0 Å². The summed E-state index contributed by atoms with van der Waals surface area (Å²) < 4.78 is 4.97. The lowest BCUT2D eigenvalue weighted by Crippen LogP contribution is -2.41. The fourth-order valence-electron chi connectivity index (χ4n) is 1.38. The maximum absolute atomic E-state index is 11.6. The molecule has 0 aliphatic rings. The smallest absolute Gasteiger partial charge is 0.335 e. The Morgan fingerprint density at radius 2 is 1.95 bits per heavy atom. The average Bonchev–Trinajstić information content (AvgIpc) is 2.36. The molecule has 1 unspecified atom stereocenters. The molecule has 1 atom stereocenters. The fraction of sp³-hybridized carbons (Fsp3) is 0.250. The molecule has 108 valence electrons. The van der Waals surface area contributed by atoms with Gasteiger partial charge in [-0.25, -0.2) is 14.4 Å². The summed E-state index contributed by atoms with van der Waals surface area (Å²) in [6.45, 7) is 1.47. The van der Waals surface area contributed by atoms with Crippen molar-refractivity contribution in [2.45, 2.75) is 13.0 Å². The highest BCUT2D eigenvalue weighted by atomic mass is 79.9. The van der Waals surface area contributed by atoms with Crippen LogP contribution in [-0.4, -0.2) is 36.2 Å². The van der Waals surface area contributed by atoms with Gasteiger partial charge in [0.15, 0.2) is 0 Å². The summed E-state index contributed by atoms with van der Waals surface area (Å²) in [5.41, 5.74) is 0.307. The molecule has 0 aromatic heterocycles. The first kappa shape index (κ1) is 16.0. The molecule has 0 saturated heterocycles. The first-order valence-electron chi connectivity index (χ1n) is 5.52. The third kappa shape index (κ3) is 4.54. The van der Waals surface area contributed by atoms with E-state index in [1.165, 1.54) is 32.2 Å². The zero-order chi connectivity index (χ0) is 15.3. The molecule has 1 aromatic carbocycles. The van der Waals surface area contributed by atoms with Gasteiger partial charge in [-0.05, 0) is 25.1 Å². The zero-order valence-electron chi connectivity index (χ0n) is 10.8. The Kier molecular flexibility index (Phi) is 5.51. The van der Waals surface area contributed by atoms with Crippen LogP contribution in [0.1, 0.15) is 17.3 Å². The summed E-state index contributed by atoms with van der Waals surface area (Å²) in [4.78, 5) is 33.7. The lowest BCUT2D eigenvalue weighted by atomic mass is 10.2. The van der Waals surface area contributed by atoms with E-state index in [4.69, 9.17) is 5.11 Å². The normalized spacial score (nSPS) is 11.3. The summed E-state index contributed by atoms with van der Waals surface area (Å²) in [7, 11) is 1.21. The highest BCUT2D eigenvalue weighted by Gasteiger charge is 2.16. The molecule has 0 saturated carbocycles. The Morgan fingerprint density at radius 3 is 2.50 bits per heavy atom. The van der Waals surface area contributed by atoms with Crippen LogP contribution in [0.25, 0.3) is 0 Å². The number of rotatable bonds is 4. The molecular weight excluding hydrogens is 332 g/mol. The summed E-state index contributed by atoms with van der Waals surface area (Å²) in [6.07, 6.45) is 0. The Morgan fingerprint density at radius 1 is 1.30 bits per heavy atom. The fourth-order valence-corrected chi connectivity index (χ4v) is 1.88. The number of esters is 1. The zero-order valence-corrected chi connectivity index (χ0v) is 12.4.